The van der Waals surface area contributed by atoms with E-state index < -0.39 is 6.04 Å². The number of rotatable bonds is 5. The van der Waals surface area contributed by atoms with Crippen LogP contribution in [0.3, 0.4) is 0 Å². The lowest BCUT2D eigenvalue weighted by molar-refractivity contribution is -0.126. The average Bonchev–Trinajstić information content (AvgIpc) is 2.90. The Morgan fingerprint density at radius 2 is 2.00 bits per heavy atom. The molecule has 1 fully saturated rings. The Morgan fingerprint density at radius 3 is 2.57 bits per heavy atom. The molecule has 1 aromatic carbocycles. The molecule has 1 unspecified atom stereocenters. The number of hydrogen-bond donors (Lipinski definition) is 2. The molecule has 1 aliphatic heterocycles. The van der Waals surface area contributed by atoms with E-state index >= 15 is 0 Å². The SMILES string of the molecule is CC(=O)NC(C(=O)Nc1cccc(N2CCCC2=O)c1)C(C)C. The Hall–Kier alpha value is -2.37. The molecule has 1 heterocycles. The minimum Gasteiger partial charge on any atom is -0.344 e. The molecule has 2 N–H and O–H groups in total. The van der Waals surface area contributed by atoms with Crippen LogP contribution in [0.15, 0.2) is 24.3 Å². The number of carbonyl (C=O) groups is 3. The van der Waals surface area contributed by atoms with Gasteiger partial charge in [-0.15, -0.1) is 0 Å². The zero-order valence-corrected chi connectivity index (χ0v) is 13.8. The van der Waals surface area contributed by atoms with Gasteiger partial charge in [-0.25, -0.2) is 0 Å². The van der Waals surface area contributed by atoms with Gasteiger partial charge in [0.15, 0.2) is 0 Å². The lowest BCUT2D eigenvalue weighted by atomic mass is 10.0. The van der Waals surface area contributed by atoms with Gasteiger partial charge >= 0.3 is 0 Å². The van der Waals surface area contributed by atoms with Crippen LogP contribution in [0.5, 0.6) is 0 Å². The van der Waals surface area contributed by atoms with E-state index in [1.807, 2.05) is 19.9 Å². The molecule has 0 spiro atoms. The van der Waals surface area contributed by atoms with E-state index in [0.717, 1.165) is 12.1 Å². The molecular weight excluding hydrogens is 294 g/mol. The van der Waals surface area contributed by atoms with Gasteiger partial charge in [-0.3, -0.25) is 14.4 Å². The summed E-state index contributed by atoms with van der Waals surface area (Å²) < 4.78 is 0. The highest BCUT2D eigenvalue weighted by Crippen LogP contribution is 2.24. The Bertz CT molecular complexity index is 613. The summed E-state index contributed by atoms with van der Waals surface area (Å²) in [5, 5.41) is 5.48. The molecule has 1 saturated heterocycles. The highest BCUT2D eigenvalue weighted by atomic mass is 16.2. The van der Waals surface area contributed by atoms with E-state index in [1.165, 1.54) is 6.92 Å². The third-order valence-corrected chi connectivity index (χ3v) is 3.81. The molecule has 1 atom stereocenters. The smallest absolute Gasteiger partial charge is 0.247 e. The molecule has 0 radical (unpaired) electrons. The van der Waals surface area contributed by atoms with E-state index in [0.29, 0.717) is 18.7 Å². The lowest BCUT2D eigenvalue weighted by Crippen LogP contribution is -2.46. The summed E-state index contributed by atoms with van der Waals surface area (Å²) in [6.07, 6.45) is 1.42. The van der Waals surface area contributed by atoms with E-state index in [-0.39, 0.29) is 23.6 Å². The van der Waals surface area contributed by atoms with Gasteiger partial charge in [0.1, 0.15) is 6.04 Å². The molecule has 6 heteroatoms. The standard InChI is InChI=1S/C17H23N3O3/c1-11(2)16(18-12(3)21)17(23)19-13-6-4-7-14(10-13)20-9-5-8-15(20)22/h4,6-7,10-11,16H,5,8-9H2,1-3H3,(H,18,21)(H,19,23). The van der Waals surface area contributed by atoms with Crippen molar-refractivity contribution >= 4 is 29.1 Å². The number of carbonyl (C=O) groups excluding carboxylic acids is 3. The third kappa shape index (κ3) is 4.31. The third-order valence-electron chi connectivity index (χ3n) is 3.81. The van der Waals surface area contributed by atoms with Crippen LogP contribution >= 0.6 is 0 Å². The number of hydrogen-bond acceptors (Lipinski definition) is 3. The van der Waals surface area contributed by atoms with Crippen LogP contribution in [0.2, 0.25) is 0 Å². The first kappa shape index (κ1) is 17.0. The van der Waals surface area contributed by atoms with Crippen LogP contribution in [0.1, 0.15) is 33.6 Å². The first-order chi connectivity index (χ1) is 10.9. The minimum atomic E-state index is -0.593. The van der Waals surface area contributed by atoms with Crippen molar-refractivity contribution in [1.82, 2.24) is 5.32 Å². The molecular formula is C17H23N3O3. The van der Waals surface area contributed by atoms with Gasteiger partial charge in [0.2, 0.25) is 17.7 Å². The summed E-state index contributed by atoms with van der Waals surface area (Å²) in [4.78, 5) is 37.2. The predicted octanol–water partition coefficient (Wildman–Crippen LogP) is 1.91. The van der Waals surface area contributed by atoms with Crippen LogP contribution in [-0.4, -0.2) is 30.3 Å². The lowest BCUT2D eigenvalue weighted by Gasteiger charge is -2.22. The molecule has 3 amide bonds. The number of nitrogens with one attached hydrogen (secondary N) is 2. The first-order valence-corrected chi connectivity index (χ1v) is 7.87. The predicted molar refractivity (Wildman–Crippen MR) is 89.1 cm³/mol. The molecule has 0 bridgehead atoms. The molecule has 1 aromatic rings. The van der Waals surface area contributed by atoms with Crippen molar-refractivity contribution in [2.45, 2.75) is 39.7 Å². The fraction of sp³-hybridized carbons (Fsp3) is 0.471. The fourth-order valence-electron chi connectivity index (χ4n) is 2.65. The molecule has 124 valence electrons. The van der Waals surface area contributed by atoms with Crippen LogP contribution in [-0.2, 0) is 14.4 Å². The van der Waals surface area contributed by atoms with Crippen LogP contribution < -0.4 is 15.5 Å². The summed E-state index contributed by atoms with van der Waals surface area (Å²) in [5.74, 6) is -0.426. The van der Waals surface area contributed by atoms with Crippen LogP contribution in [0.4, 0.5) is 11.4 Å². The van der Waals surface area contributed by atoms with Gasteiger partial charge in [0.05, 0.1) is 0 Å². The van der Waals surface area contributed by atoms with Gasteiger partial charge < -0.3 is 15.5 Å². The van der Waals surface area contributed by atoms with E-state index in [9.17, 15) is 14.4 Å². The van der Waals surface area contributed by atoms with E-state index in [1.54, 1.807) is 23.1 Å². The Balaban J connectivity index is 2.11. The molecule has 0 aliphatic carbocycles. The van der Waals surface area contributed by atoms with Gasteiger partial charge in [-0.2, -0.15) is 0 Å². The zero-order valence-electron chi connectivity index (χ0n) is 13.8. The van der Waals surface area contributed by atoms with Crippen LogP contribution in [0, 0.1) is 5.92 Å². The Kier molecular flexibility index (Phi) is 5.36. The first-order valence-electron chi connectivity index (χ1n) is 7.87. The van der Waals surface area contributed by atoms with Crippen molar-refractivity contribution in [3.63, 3.8) is 0 Å². The number of benzene rings is 1. The summed E-state index contributed by atoms with van der Waals surface area (Å²) in [6.45, 7) is 5.85. The molecule has 23 heavy (non-hydrogen) atoms. The molecule has 6 nitrogen and oxygen atoms in total. The molecule has 0 saturated carbocycles. The molecule has 2 rings (SSSR count). The van der Waals surface area contributed by atoms with Gasteiger partial charge in [0.25, 0.3) is 0 Å². The number of amides is 3. The second kappa shape index (κ2) is 7.26. The number of anilines is 2. The second-order valence-corrected chi connectivity index (χ2v) is 6.11. The Labute approximate surface area is 136 Å². The fourth-order valence-corrected chi connectivity index (χ4v) is 2.65. The van der Waals surface area contributed by atoms with E-state index in [4.69, 9.17) is 0 Å². The van der Waals surface area contributed by atoms with Crippen molar-refractivity contribution in [1.29, 1.82) is 0 Å². The maximum Gasteiger partial charge on any atom is 0.247 e. The largest absolute Gasteiger partial charge is 0.344 e. The van der Waals surface area contributed by atoms with E-state index in [2.05, 4.69) is 10.6 Å². The van der Waals surface area contributed by atoms with Crippen molar-refractivity contribution in [3.8, 4) is 0 Å². The minimum absolute atomic E-state index is 0.0257. The topological polar surface area (TPSA) is 78.5 Å². The Morgan fingerprint density at radius 1 is 1.26 bits per heavy atom. The number of nitrogens with zero attached hydrogens (tertiary/aromatic N) is 1. The van der Waals surface area contributed by atoms with Gasteiger partial charge in [-0.05, 0) is 30.5 Å². The van der Waals surface area contributed by atoms with Crippen molar-refractivity contribution < 1.29 is 14.4 Å². The highest BCUT2D eigenvalue weighted by Gasteiger charge is 2.24. The van der Waals surface area contributed by atoms with Gasteiger partial charge in [-0.1, -0.05) is 19.9 Å². The molecule has 1 aliphatic rings. The second-order valence-electron chi connectivity index (χ2n) is 6.11. The normalized spacial score (nSPS) is 15.7. The highest BCUT2D eigenvalue weighted by molar-refractivity contribution is 5.99. The quantitative estimate of drug-likeness (QED) is 0.871. The maximum absolute atomic E-state index is 12.4. The van der Waals surface area contributed by atoms with Crippen molar-refractivity contribution in [2.75, 3.05) is 16.8 Å². The van der Waals surface area contributed by atoms with Crippen molar-refractivity contribution in [3.05, 3.63) is 24.3 Å². The maximum atomic E-state index is 12.4. The van der Waals surface area contributed by atoms with Gasteiger partial charge in [0, 0.05) is 31.3 Å². The molecule has 0 aromatic heterocycles. The summed E-state index contributed by atoms with van der Waals surface area (Å²) in [6, 6.07) is 6.62. The average molecular weight is 317 g/mol. The van der Waals surface area contributed by atoms with Crippen LogP contribution in [0.25, 0.3) is 0 Å². The summed E-state index contributed by atoms with van der Waals surface area (Å²) in [5.41, 5.74) is 1.40. The summed E-state index contributed by atoms with van der Waals surface area (Å²) in [7, 11) is 0. The van der Waals surface area contributed by atoms with Crippen molar-refractivity contribution in [2.24, 2.45) is 5.92 Å². The zero-order chi connectivity index (χ0) is 17.0. The summed E-state index contributed by atoms with van der Waals surface area (Å²) >= 11 is 0. The monoisotopic (exact) mass is 317 g/mol.